The molecule has 1 heterocycles. The maximum absolute atomic E-state index is 13.4. The molecule has 196 valence electrons. The quantitative estimate of drug-likeness (QED) is 0.371. The second-order valence-corrected chi connectivity index (χ2v) is 7.04. The molecule has 1 aromatic heterocycles. The summed E-state index contributed by atoms with van der Waals surface area (Å²) in [7, 11) is 1.07. The van der Waals surface area contributed by atoms with Gasteiger partial charge in [0.1, 0.15) is 28.5 Å². The van der Waals surface area contributed by atoms with Crippen LogP contribution in [0.15, 0.2) is 48.7 Å². The molecule has 0 radical (unpaired) electrons. The number of benzene rings is 2. The lowest BCUT2D eigenvalue weighted by Crippen LogP contribution is -2.18. The number of methoxy groups -OCH3 is 1. The first-order chi connectivity index (χ1) is 17.2. The van der Waals surface area contributed by atoms with Gasteiger partial charge in [0.15, 0.2) is 11.5 Å². The monoisotopic (exact) mass is 531 g/mol. The number of phenols is 1. The number of hydrogen-bond acceptors (Lipinski definition) is 7. The Hall–Kier alpha value is -4.69. The molecule has 3 aromatic rings. The molecule has 2 aromatic carbocycles. The summed E-state index contributed by atoms with van der Waals surface area (Å²) in [5, 5.41) is 12.5. The van der Waals surface area contributed by atoms with Gasteiger partial charge >= 0.3 is 12.5 Å². The van der Waals surface area contributed by atoms with Crippen LogP contribution in [0.25, 0.3) is 0 Å². The standard InChI is InChI=1S/C22H15F6N3O6/c1-35-16-9-11(37-22(26,27)28)2-4-14(16)36-15-5-3-12(21(23,24)25)18(32)17(15)20(34)31-10-6-7-30-13(8-10)19(29)33/h2-9,32H,1H3,(H2,29,33)(H,30,31,34). The molecule has 2 amide bonds. The van der Waals surface area contributed by atoms with Crippen molar-refractivity contribution in [2.24, 2.45) is 5.73 Å². The molecule has 15 heteroatoms. The molecule has 0 aliphatic rings. The Labute approximate surface area is 203 Å². The number of amides is 2. The zero-order valence-corrected chi connectivity index (χ0v) is 18.4. The van der Waals surface area contributed by atoms with E-state index in [9.17, 15) is 41.0 Å². The Bertz CT molecular complexity index is 1340. The van der Waals surface area contributed by atoms with Gasteiger partial charge in [0, 0.05) is 18.0 Å². The normalized spacial score (nSPS) is 11.5. The summed E-state index contributed by atoms with van der Waals surface area (Å²) in [6.45, 7) is 0. The molecule has 3 rings (SSSR count). The van der Waals surface area contributed by atoms with Crippen LogP contribution in [0, 0.1) is 0 Å². The number of anilines is 1. The third kappa shape index (κ3) is 6.50. The van der Waals surface area contributed by atoms with Crippen molar-refractivity contribution >= 4 is 17.5 Å². The second kappa shape index (κ2) is 10.1. The number of rotatable bonds is 7. The maximum Gasteiger partial charge on any atom is 0.573 e. The molecule has 0 saturated heterocycles. The molecule has 0 unspecified atom stereocenters. The van der Waals surface area contributed by atoms with Gasteiger partial charge in [0.05, 0.1) is 12.7 Å². The van der Waals surface area contributed by atoms with E-state index in [2.05, 4.69) is 15.0 Å². The van der Waals surface area contributed by atoms with Crippen LogP contribution in [0.5, 0.6) is 28.7 Å². The lowest BCUT2D eigenvalue weighted by atomic mass is 10.1. The van der Waals surface area contributed by atoms with Crippen molar-refractivity contribution in [3.05, 3.63) is 65.5 Å². The number of alkyl halides is 6. The number of ether oxygens (including phenoxy) is 3. The van der Waals surface area contributed by atoms with E-state index < -0.39 is 52.7 Å². The fourth-order valence-electron chi connectivity index (χ4n) is 2.99. The SMILES string of the molecule is COc1cc(OC(F)(F)F)ccc1Oc1ccc(C(F)(F)F)c(O)c1C(=O)Nc1ccnc(C(N)=O)c1. The van der Waals surface area contributed by atoms with Crippen LogP contribution < -0.4 is 25.3 Å². The minimum absolute atomic E-state index is 0.109. The highest BCUT2D eigenvalue weighted by atomic mass is 19.4. The fraction of sp³-hybridized carbons (Fsp3) is 0.136. The minimum Gasteiger partial charge on any atom is -0.506 e. The lowest BCUT2D eigenvalue weighted by Gasteiger charge is -2.18. The number of carbonyl (C=O) groups is 2. The largest absolute Gasteiger partial charge is 0.573 e. The summed E-state index contributed by atoms with van der Waals surface area (Å²) in [5.74, 6) is -5.72. The van der Waals surface area contributed by atoms with Gasteiger partial charge in [-0.1, -0.05) is 0 Å². The first kappa shape index (κ1) is 26.9. The van der Waals surface area contributed by atoms with Crippen molar-refractivity contribution in [1.82, 2.24) is 4.98 Å². The number of nitrogens with one attached hydrogen (secondary N) is 1. The fourth-order valence-corrected chi connectivity index (χ4v) is 2.99. The van der Waals surface area contributed by atoms with Crippen LogP contribution >= 0.6 is 0 Å². The number of pyridine rings is 1. The van der Waals surface area contributed by atoms with Gasteiger partial charge in [-0.25, -0.2) is 0 Å². The van der Waals surface area contributed by atoms with E-state index in [1.54, 1.807) is 0 Å². The van der Waals surface area contributed by atoms with E-state index in [1.807, 2.05) is 0 Å². The third-order valence-electron chi connectivity index (χ3n) is 4.53. The Morgan fingerprint density at radius 2 is 1.65 bits per heavy atom. The summed E-state index contributed by atoms with van der Waals surface area (Å²) in [6, 6.07) is 5.95. The number of primary amides is 1. The Morgan fingerprint density at radius 3 is 2.24 bits per heavy atom. The Balaban J connectivity index is 2.05. The smallest absolute Gasteiger partial charge is 0.506 e. The van der Waals surface area contributed by atoms with E-state index in [0.717, 1.165) is 43.6 Å². The van der Waals surface area contributed by atoms with E-state index in [1.165, 1.54) is 6.07 Å². The molecule has 0 aliphatic heterocycles. The number of carbonyl (C=O) groups excluding carboxylic acids is 2. The number of aromatic hydroxyl groups is 1. The van der Waals surface area contributed by atoms with Gasteiger partial charge in [-0.05, 0) is 36.4 Å². The van der Waals surface area contributed by atoms with Crippen LogP contribution in [0.3, 0.4) is 0 Å². The number of halogens is 6. The zero-order valence-electron chi connectivity index (χ0n) is 18.4. The second-order valence-electron chi connectivity index (χ2n) is 7.04. The average Bonchev–Trinajstić information content (AvgIpc) is 2.78. The molecule has 0 spiro atoms. The third-order valence-corrected chi connectivity index (χ3v) is 4.53. The van der Waals surface area contributed by atoms with Gasteiger partial charge in [0.2, 0.25) is 0 Å². The molecular weight excluding hydrogens is 516 g/mol. The van der Waals surface area contributed by atoms with Gasteiger partial charge in [-0.3, -0.25) is 14.6 Å². The van der Waals surface area contributed by atoms with E-state index in [-0.39, 0.29) is 22.9 Å². The Morgan fingerprint density at radius 1 is 0.973 bits per heavy atom. The van der Waals surface area contributed by atoms with Crippen LogP contribution in [0.4, 0.5) is 32.0 Å². The number of phenolic OH excluding ortho intramolecular Hbond substituents is 1. The first-order valence-electron chi connectivity index (χ1n) is 9.81. The van der Waals surface area contributed by atoms with Gasteiger partial charge < -0.3 is 30.4 Å². The van der Waals surface area contributed by atoms with Crippen LogP contribution in [-0.4, -0.2) is 35.4 Å². The predicted molar refractivity (Wildman–Crippen MR) is 114 cm³/mol. The van der Waals surface area contributed by atoms with E-state index >= 15 is 0 Å². The summed E-state index contributed by atoms with van der Waals surface area (Å²) >= 11 is 0. The Kier molecular flexibility index (Phi) is 7.36. The molecule has 0 saturated carbocycles. The van der Waals surface area contributed by atoms with Gasteiger partial charge in [-0.2, -0.15) is 13.2 Å². The zero-order chi connectivity index (χ0) is 27.5. The number of nitrogens with zero attached hydrogens (tertiary/aromatic N) is 1. The average molecular weight is 531 g/mol. The van der Waals surface area contributed by atoms with Gasteiger partial charge in [0.25, 0.3) is 11.8 Å². The first-order valence-corrected chi connectivity index (χ1v) is 9.81. The minimum atomic E-state index is -5.07. The van der Waals surface area contributed by atoms with E-state index in [0.29, 0.717) is 6.07 Å². The summed E-state index contributed by atoms with van der Waals surface area (Å²) in [6.07, 6.45) is -8.99. The molecule has 0 atom stereocenters. The molecular formula is C22H15F6N3O6. The lowest BCUT2D eigenvalue weighted by molar-refractivity contribution is -0.274. The molecule has 0 bridgehead atoms. The summed E-state index contributed by atoms with van der Waals surface area (Å²) < 4.78 is 91.9. The van der Waals surface area contributed by atoms with Crippen molar-refractivity contribution in [3.63, 3.8) is 0 Å². The molecule has 4 N–H and O–H groups in total. The topological polar surface area (TPSA) is 133 Å². The summed E-state index contributed by atoms with van der Waals surface area (Å²) in [5.41, 5.74) is 2.19. The van der Waals surface area contributed by atoms with Crippen molar-refractivity contribution in [2.45, 2.75) is 12.5 Å². The predicted octanol–water partition coefficient (Wildman–Crippen LogP) is 4.86. The van der Waals surface area contributed by atoms with Crippen molar-refractivity contribution in [3.8, 4) is 28.7 Å². The van der Waals surface area contributed by atoms with Crippen molar-refractivity contribution in [2.75, 3.05) is 12.4 Å². The van der Waals surface area contributed by atoms with Crippen LogP contribution in [0.1, 0.15) is 26.4 Å². The van der Waals surface area contributed by atoms with Crippen molar-refractivity contribution < 1.29 is 55.2 Å². The number of nitrogens with two attached hydrogens (primary N) is 1. The molecule has 9 nitrogen and oxygen atoms in total. The van der Waals surface area contributed by atoms with Crippen molar-refractivity contribution in [1.29, 1.82) is 0 Å². The maximum atomic E-state index is 13.4. The highest BCUT2D eigenvalue weighted by Crippen LogP contribution is 2.44. The molecule has 0 fully saturated rings. The van der Waals surface area contributed by atoms with Gasteiger partial charge in [-0.15, -0.1) is 13.2 Å². The highest BCUT2D eigenvalue weighted by molar-refractivity contribution is 6.09. The number of aromatic nitrogens is 1. The summed E-state index contributed by atoms with van der Waals surface area (Å²) in [4.78, 5) is 27.9. The van der Waals surface area contributed by atoms with E-state index in [4.69, 9.17) is 15.2 Å². The molecule has 0 aliphatic carbocycles. The van der Waals surface area contributed by atoms with Crippen LogP contribution in [0.2, 0.25) is 0 Å². The van der Waals surface area contributed by atoms with Crippen LogP contribution in [-0.2, 0) is 6.18 Å². The highest BCUT2D eigenvalue weighted by Gasteiger charge is 2.37. The number of hydrogen-bond donors (Lipinski definition) is 3. The molecule has 37 heavy (non-hydrogen) atoms.